The van der Waals surface area contributed by atoms with E-state index in [1.807, 2.05) is 24.3 Å². The average Bonchev–Trinajstić information content (AvgIpc) is 3.00. The molecule has 8 heteroatoms. The molecule has 2 N–H and O–H groups in total. The number of anilines is 3. The maximum absolute atomic E-state index is 12.2. The Morgan fingerprint density at radius 2 is 2.00 bits per heavy atom. The molecule has 0 aliphatic carbocycles. The summed E-state index contributed by atoms with van der Waals surface area (Å²) < 4.78 is 10.0. The van der Waals surface area contributed by atoms with Crippen LogP contribution in [0.4, 0.5) is 17.5 Å². The Bertz CT molecular complexity index is 845. The van der Waals surface area contributed by atoms with E-state index in [-0.39, 0.29) is 5.69 Å². The van der Waals surface area contributed by atoms with Gasteiger partial charge in [-0.3, -0.25) is 4.79 Å². The third-order valence-electron chi connectivity index (χ3n) is 3.10. The summed E-state index contributed by atoms with van der Waals surface area (Å²) in [4.78, 5) is 20.5. The van der Waals surface area contributed by atoms with Gasteiger partial charge >= 0.3 is 0 Å². The molecule has 0 spiro atoms. The van der Waals surface area contributed by atoms with Gasteiger partial charge < -0.3 is 19.9 Å². The lowest BCUT2D eigenvalue weighted by Gasteiger charge is -2.07. The van der Waals surface area contributed by atoms with Gasteiger partial charge in [0.25, 0.3) is 5.91 Å². The lowest BCUT2D eigenvalue weighted by atomic mass is 10.3. The standard InChI is InChI=1S/C16H15N5O3/c1-10-9-14(21-24-10)20-15(22)13-7-8-17-16(19-13)18-11-3-5-12(23-2)6-4-11/h3-9H,1-2H3,(H,17,18,19)(H,20,21,22). The summed E-state index contributed by atoms with van der Waals surface area (Å²) in [5.41, 5.74) is 0.988. The van der Waals surface area contributed by atoms with Crippen molar-refractivity contribution in [1.82, 2.24) is 15.1 Å². The van der Waals surface area contributed by atoms with Crippen LogP contribution in [-0.2, 0) is 0 Å². The van der Waals surface area contributed by atoms with Crippen molar-refractivity contribution in [2.75, 3.05) is 17.7 Å². The number of carbonyl (C=O) groups excluding carboxylic acids is 1. The lowest BCUT2D eigenvalue weighted by molar-refractivity contribution is 0.102. The zero-order valence-electron chi connectivity index (χ0n) is 13.1. The Hall–Kier alpha value is -3.42. The molecule has 0 saturated heterocycles. The van der Waals surface area contributed by atoms with Crippen LogP contribution in [0.5, 0.6) is 5.75 Å². The van der Waals surface area contributed by atoms with Gasteiger partial charge in [-0.25, -0.2) is 9.97 Å². The molecular formula is C16H15N5O3. The zero-order valence-corrected chi connectivity index (χ0v) is 13.1. The van der Waals surface area contributed by atoms with Crippen molar-refractivity contribution in [1.29, 1.82) is 0 Å². The van der Waals surface area contributed by atoms with Gasteiger partial charge in [0, 0.05) is 18.0 Å². The predicted molar refractivity (Wildman–Crippen MR) is 87.5 cm³/mol. The number of benzene rings is 1. The monoisotopic (exact) mass is 325 g/mol. The van der Waals surface area contributed by atoms with Crippen LogP contribution in [0.25, 0.3) is 0 Å². The molecule has 24 heavy (non-hydrogen) atoms. The highest BCUT2D eigenvalue weighted by Gasteiger charge is 2.11. The van der Waals surface area contributed by atoms with Crippen molar-refractivity contribution in [3.63, 3.8) is 0 Å². The highest BCUT2D eigenvalue weighted by Crippen LogP contribution is 2.18. The van der Waals surface area contributed by atoms with Crippen molar-refractivity contribution >= 4 is 23.4 Å². The maximum atomic E-state index is 12.2. The second-order valence-electron chi connectivity index (χ2n) is 4.90. The van der Waals surface area contributed by atoms with E-state index in [9.17, 15) is 4.79 Å². The number of nitrogens with one attached hydrogen (secondary N) is 2. The van der Waals surface area contributed by atoms with Crippen LogP contribution in [0.2, 0.25) is 0 Å². The molecule has 2 heterocycles. The highest BCUT2D eigenvalue weighted by atomic mass is 16.5. The highest BCUT2D eigenvalue weighted by molar-refractivity contribution is 6.02. The minimum absolute atomic E-state index is 0.210. The number of amides is 1. The van der Waals surface area contributed by atoms with Crippen molar-refractivity contribution in [3.05, 3.63) is 54.0 Å². The number of hydrogen-bond acceptors (Lipinski definition) is 7. The van der Waals surface area contributed by atoms with E-state index >= 15 is 0 Å². The van der Waals surface area contributed by atoms with E-state index in [4.69, 9.17) is 9.26 Å². The SMILES string of the molecule is COc1ccc(Nc2nccc(C(=O)Nc3cc(C)on3)n2)cc1. The minimum Gasteiger partial charge on any atom is -0.497 e. The van der Waals surface area contributed by atoms with Gasteiger partial charge in [-0.1, -0.05) is 5.16 Å². The summed E-state index contributed by atoms with van der Waals surface area (Å²) in [5.74, 6) is 1.60. The molecule has 0 fully saturated rings. The Labute approximate surface area is 137 Å². The zero-order chi connectivity index (χ0) is 16.9. The molecule has 1 aromatic carbocycles. The Morgan fingerprint density at radius 3 is 2.67 bits per heavy atom. The van der Waals surface area contributed by atoms with E-state index in [2.05, 4.69) is 25.8 Å². The first kappa shape index (κ1) is 15.5. The van der Waals surface area contributed by atoms with Gasteiger partial charge in [0.15, 0.2) is 5.82 Å². The molecule has 122 valence electrons. The molecule has 0 saturated carbocycles. The molecule has 0 aliphatic heterocycles. The van der Waals surface area contributed by atoms with Gasteiger partial charge in [-0.15, -0.1) is 0 Å². The molecule has 3 aromatic rings. The van der Waals surface area contributed by atoms with Crippen LogP contribution in [0.15, 0.2) is 47.1 Å². The number of rotatable bonds is 5. The van der Waals surface area contributed by atoms with Gasteiger partial charge in [0.2, 0.25) is 5.95 Å². The van der Waals surface area contributed by atoms with Crippen LogP contribution in [0.3, 0.4) is 0 Å². The van der Waals surface area contributed by atoms with Crippen LogP contribution in [0.1, 0.15) is 16.2 Å². The Kier molecular flexibility index (Phi) is 4.37. The van der Waals surface area contributed by atoms with Crippen molar-refractivity contribution in [3.8, 4) is 5.75 Å². The average molecular weight is 325 g/mol. The van der Waals surface area contributed by atoms with Gasteiger partial charge in [-0.2, -0.15) is 0 Å². The number of ether oxygens (including phenoxy) is 1. The summed E-state index contributed by atoms with van der Waals surface area (Å²) in [7, 11) is 1.60. The second-order valence-corrected chi connectivity index (χ2v) is 4.90. The minimum atomic E-state index is -0.400. The normalized spacial score (nSPS) is 10.2. The smallest absolute Gasteiger partial charge is 0.275 e. The summed E-state index contributed by atoms with van der Waals surface area (Å²) in [6, 6.07) is 10.4. The molecule has 2 aromatic heterocycles. The fourth-order valence-corrected chi connectivity index (χ4v) is 1.95. The van der Waals surface area contributed by atoms with Crippen molar-refractivity contribution in [2.45, 2.75) is 6.92 Å². The summed E-state index contributed by atoms with van der Waals surface area (Å²) in [6.45, 7) is 1.74. The fourth-order valence-electron chi connectivity index (χ4n) is 1.95. The predicted octanol–water partition coefficient (Wildman–Crippen LogP) is 2.78. The summed E-state index contributed by atoms with van der Waals surface area (Å²) >= 11 is 0. The van der Waals surface area contributed by atoms with Crippen molar-refractivity contribution in [2.24, 2.45) is 0 Å². The first-order valence-corrected chi connectivity index (χ1v) is 7.13. The number of nitrogens with zero attached hydrogens (tertiary/aromatic N) is 3. The second kappa shape index (κ2) is 6.78. The quantitative estimate of drug-likeness (QED) is 0.743. The lowest BCUT2D eigenvalue weighted by Crippen LogP contribution is -2.15. The van der Waals surface area contributed by atoms with Gasteiger partial charge in [0.1, 0.15) is 17.2 Å². The van der Waals surface area contributed by atoms with E-state index < -0.39 is 5.91 Å². The fraction of sp³-hybridized carbons (Fsp3) is 0.125. The first-order chi connectivity index (χ1) is 11.6. The topological polar surface area (TPSA) is 102 Å². The van der Waals surface area contributed by atoms with Crippen LogP contribution in [-0.4, -0.2) is 28.1 Å². The molecule has 0 aliphatic rings. The Morgan fingerprint density at radius 1 is 1.21 bits per heavy atom. The Balaban J connectivity index is 1.72. The van der Waals surface area contributed by atoms with Gasteiger partial charge in [-0.05, 0) is 37.3 Å². The van der Waals surface area contributed by atoms with E-state index in [0.717, 1.165) is 11.4 Å². The van der Waals surface area contributed by atoms with Crippen molar-refractivity contribution < 1.29 is 14.1 Å². The molecule has 0 radical (unpaired) electrons. The third-order valence-corrected chi connectivity index (χ3v) is 3.10. The first-order valence-electron chi connectivity index (χ1n) is 7.13. The molecule has 1 amide bonds. The van der Waals surface area contributed by atoms with E-state index in [1.165, 1.54) is 12.3 Å². The summed E-state index contributed by atoms with van der Waals surface area (Å²) in [6.07, 6.45) is 1.50. The van der Waals surface area contributed by atoms with E-state index in [1.54, 1.807) is 20.1 Å². The molecular weight excluding hydrogens is 310 g/mol. The molecule has 3 rings (SSSR count). The van der Waals surface area contributed by atoms with E-state index in [0.29, 0.717) is 17.5 Å². The number of carbonyl (C=O) groups is 1. The molecule has 8 nitrogen and oxygen atoms in total. The third kappa shape index (κ3) is 3.67. The summed E-state index contributed by atoms with van der Waals surface area (Å²) in [5, 5.41) is 9.34. The molecule has 0 atom stereocenters. The number of aryl methyl sites for hydroxylation is 1. The molecule has 0 unspecified atom stereocenters. The number of aromatic nitrogens is 3. The molecule has 0 bridgehead atoms. The van der Waals surface area contributed by atoms with Crippen LogP contribution < -0.4 is 15.4 Å². The number of hydrogen-bond donors (Lipinski definition) is 2. The maximum Gasteiger partial charge on any atom is 0.275 e. The largest absolute Gasteiger partial charge is 0.497 e. The number of methoxy groups -OCH3 is 1. The van der Waals surface area contributed by atoms with Gasteiger partial charge in [0.05, 0.1) is 7.11 Å². The van der Waals surface area contributed by atoms with Crippen LogP contribution in [0, 0.1) is 6.92 Å². The van der Waals surface area contributed by atoms with Crippen LogP contribution >= 0.6 is 0 Å².